The fourth-order valence-electron chi connectivity index (χ4n) is 8.09. The number of thioether (sulfide) groups is 1. The number of nitrogens with one attached hydrogen (secondary N) is 1. The van der Waals surface area contributed by atoms with Crippen molar-refractivity contribution < 1.29 is 57.7 Å². The van der Waals surface area contributed by atoms with Crippen LogP contribution in [0.5, 0.6) is 5.75 Å². The molecule has 5 N–H and O–H groups in total. The van der Waals surface area contributed by atoms with Crippen molar-refractivity contribution in [3.05, 3.63) is 178 Å². The first-order valence-electron chi connectivity index (χ1n) is 22.6. The van der Waals surface area contributed by atoms with E-state index < -0.39 is 87.0 Å². The summed E-state index contributed by atoms with van der Waals surface area (Å²) in [5, 5.41) is 36.2. The second kappa shape index (κ2) is 23.9. The van der Waals surface area contributed by atoms with Gasteiger partial charge >= 0.3 is 18.0 Å². The van der Waals surface area contributed by atoms with Crippen LogP contribution in [0.1, 0.15) is 66.2 Å². The van der Waals surface area contributed by atoms with E-state index in [-0.39, 0.29) is 72.6 Å². The average molecular weight is 1030 g/mol. The zero-order chi connectivity index (χ0) is 53.1. The van der Waals surface area contributed by atoms with E-state index in [2.05, 4.69) is 10.3 Å². The number of ether oxygens (including phenoxy) is 4. The molecule has 2 aliphatic heterocycles. The molecule has 2 saturated heterocycles. The predicted octanol–water partition coefficient (Wildman–Crippen LogP) is 6.08. The van der Waals surface area contributed by atoms with Crippen molar-refractivity contribution in [3.8, 4) is 5.75 Å². The molecule has 3 unspecified atom stereocenters. The highest BCUT2D eigenvalue weighted by molar-refractivity contribution is 7.99. The van der Waals surface area contributed by atoms with Gasteiger partial charge in [-0.25, -0.2) is 19.4 Å². The van der Waals surface area contributed by atoms with Gasteiger partial charge in [-0.2, -0.15) is 11.8 Å². The number of carbonyl (C=O) groups excluding carboxylic acids is 5. The van der Waals surface area contributed by atoms with E-state index in [0.717, 1.165) is 5.56 Å². The van der Waals surface area contributed by atoms with Gasteiger partial charge in [0.2, 0.25) is 5.91 Å². The molecule has 0 aromatic heterocycles. The monoisotopic (exact) mass is 1030 g/mol. The number of nitrogens with two attached hydrogens (primary N) is 2. The third-order valence-corrected chi connectivity index (χ3v) is 13.2. The highest BCUT2D eigenvalue weighted by Crippen LogP contribution is 2.34. The summed E-state index contributed by atoms with van der Waals surface area (Å²) < 4.78 is 22.0. The van der Waals surface area contributed by atoms with Gasteiger partial charge in [-0.3, -0.25) is 44.8 Å². The van der Waals surface area contributed by atoms with Crippen LogP contribution in [0.25, 0.3) is 0 Å². The minimum Gasteiger partial charge on any atom is -0.497 e. The number of nitrogens with zero attached hydrogens (tertiary/aromatic N) is 6. The Morgan fingerprint density at radius 3 is 1.68 bits per heavy atom. The van der Waals surface area contributed by atoms with Crippen LogP contribution in [0.15, 0.2) is 114 Å². The lowest BCUT2D eigenvalue weighted by molar-refractivity contribution is -0.385. The molecule has 74 heavy (non-hydrogen) atoms. The molecule has 5 aromatic rings. The van der Waals surface area contributed by atoms with Crippen LogP contribution in [-0.2, 0) is 44.6 Å². The molecule has 24 nitrogen and oxygen atoms in total. The normalized spacial score (nSPS) is 15.9. The number of aliphatic imine (C=N–C) groups is 1. The van der Waals surface area contributed by atoms with Crippen molar-refractivity contribution in [1.82, 2.24) is 15.1 Å². The molecule has 2 heterocycles. The van der Waals surface area contributed by atoms with Crippen LogP contribution in [-0.4, -0.2) is 104 Å². The Labute approximate surface area is 425 Å². The Hall–Kier alpha value is -9.13. The zero-order valence-electron chi connectivity index (χ0n) is 39.4. The molecule has 0 spiro atoms. The number of benzene rings is 5. The van der Waals surface area contributed by atoms with Crippen molar-refractivity contribution in [2.24, 2.45) is 16.5 Å². The summed E-state index contributed by atoms with van der Waals surface area (Å²) in [6, 6.07) is 23.9. The van der Waals surface area contributed by atoms with Gasteiger partial charge in [0, 0.05) is 73.1 Å². The van der Waals surface area contributed by atoms with Crippen LogP contribution in [0, 0.1) is 30.3 Å². The number of guanidine groups is 1. The van der Waals surface area contributed by atoms with E-state index in [1.54, 1.807) is 18.9 Å². The number of hydrogen-bond donors (Lipinski definition) is 3. The second-order valence-electron chi connectivity index (χ2n) is 16.8. The smallest absolute Gasteiger partial charge is 0.410 e. The summed E-state index contributed by atoms with van der Waals surface area (Å²) in [4.78, 5) is 109. The SMILES string of the molecule is COc1ccc(CSC2CC(C(=O)N3CCC(NC(=O)c4ccc(N=C(N)N)c(C(=O)OCc5ccc([N+](=O)[O-])cc5)c4C(=O)OCc4ccc([N+](=O)[O-])cc4)C3)N(C(=O)OCc3ccc([N+](=O)[O-])cc3)C2)cc1. The third kappa shape index (κ3) is 13.2. The molecule has 7 rings (SSSR count). The third-order valence-electron chi connectivity index (χ3n) is 11.9. The lowest BCUT2D eigenvalue weighted by Gasteiger charge is -2.27. The summed E-state index contributed by atoms with van der Waals surface area (Å²) >= 11 is 1.56. The first kappa shape index (κ1) is 52.7. The fraction of sp³-hybridized carbons (Fsp3) is 0.265. The molecular formula is C49H47N9O15S. The molecule has 0 saturated carbocycles. The summed E-state index contributed by atoms with van der Waals surface area (Å²) in [6.07, 6.45) is -0.255. The van der Waals surface area contributed by atoms with Gasteiger partial charge in [0.15, 0.2) is 5.96 Å². The molecule has 0 radical (unpaired) electrons. The molecule has 2 fully saturated rings. The molecule has 0 bridgehead atoms. The van der Waals surface area contributed by atoms with Gasteiger partial charge < -0.3 is 40.6 Å². The van der Waals surface area contributed by atoms with Crippen molar-refractivity contribution in [1.29, 1.82) is 0 Å². The van der Waals surface area contributed by atoms with Gasteiger partial charge in [0.05, 0.1) is 38.7 Å². The Balaban J connectivity index is 1.10. The number of methoxy groups -OCH3 is 1. The maximum Gasteiger partial charge on any atom is 0.410 e. The summed E-state index contributed by atoms with van der Waals surface area (Å²) in [5.74, 6) is -2.96. The van der Waals surface area contributed by atoms with E-state index in [1.807, 2.05) is 24.3 Å². The number of nitro groups is 3. The lowest BCUT2D eigenvalue weighted by Crippen LogP contribution is -2.48. The van der Waals surface area contributed by atoms with Crippen LogP contribution in [0.4, 0.5) is 27.5 Å². The molecule has 384 valence electrons. The Morgan fingerprint density at radius 1 is 0.676 bits per heavy atom. The maximum atomic E-state index is 14.4. The highest BCUT2D eigenvalue weighted by atomic mass is 32.2. The van der Waals surface area contributed by atoms with E-state index in [4.69, 9.17) is 30.4 Å². The average Bonchev–Trinajstić information content (AvgIpc) is 4.06. The number of hydrogen-bond acceptors (Lipinski definition) is 17. The highest BCUT2D eigenvalue weighted by Gasteiger charge is 2.44. The topological polar surface area (TPSA) is 335 Å². The van der Waals surface area contributed by atoms with Crippen molar-refractivity contribution in [2.45, 2.75) is 55.7 Å². The van der Waals surface area contributed by atoms with Crippen LogP contribution < -0.4 is 21.5 Å². The van der Waals surface area contributed by atoms with Crippen molar-refractivity contribution >= 4 is 70.3 Å². The maximum absolute atomic E-state index is 14.4. The molecule has 5 aromatic carbocycles. The summed E-state index contributed by atoms with van der Waals surface area (Å²) in [6.45, 7) is -0.826. The van der Waals surface area contributed by atoms with Crippen LogP contribution >= 0.6 is 11.8 Å². The van der Waals surface area contributed by atoms with Gasteiger partial charge in [-0.15, -0.1) is 0 Å². The number of rotatable bonds is 19. The first-order valence-corrected chi connectivity index (χ1v) is 23.6. The van der Waals surface area contributed by atoms with Crippen LogP contribution in [0.2, 0.25) is 0 Å². The second-order valence-corrected chi connectivity index (χ2v) is 18.1. The summed E-state index contributed by atoms with van der Waals surface area (Å²) in [7, 11) is 1.57. The van der Waals surface area contributed by atoms with Gasteiger partial charge in [-0.1, -0.05) is 12.1 Å². The minimum atomic E-state index is -1.21. The Morgan fingerprint density at radius 2 is 1.18 bits per heavy atom. The van der Waals surface area contributed by atoms with Gasteiger partial charge in [-0.05, 0) is 95.8 Å². The number of esters is 2. The predicted molar refractivity (Wildman–Crippen MR) is 265 cm³/mol. The van der Waals surface area contributed by atoms with Crippen molar-refractivity contribution in [3.63, 3.8) is 0 Å². The van der Waals surface area contributed by atoms with E-state index in [1.165, 1.54) is 94.7 Å². The number of amides is 3. The molecule has 3 atom stereocenters. The van der Waals surface area contributed by atoms with E-state index in [9.17, 15) is 54.3 Å². The quantitative estimate of drug-likeness (QED) is 0.0210. The first-order chi connectivity index (χ1) is 35.5. The minimum absolute atomic E-state index is 0.0213. The number of carbonyl (C=O) groups is 5. The Bertz CT molecular complexity index is 2970. The number of likely N-dealkylation sites (tertiary alicyclic amines) is 2. The van der Waals surface area contributed by atoms with Gasteiger partial charge in [0.25, 0.3) is 23.0 Å². The molecule has 25 heteroatoms. The number of nitro benzene ring substituents is 3. The van der Waals surface area contributed by atoms with E-state index in [0.29, 0.717) is 28.2 Å². The van der Waals surface area contributed by atoms with Crippen LogP contribution in [0.3, 0.4) is 0 Å². The van der Waals surface area contributed by atoms with E-state index >= 15 is 0 Å². The fourth-order valence-corrected chi connectivity index (χ4v) is 9.29. The lowest BCUT2D eigenvalue weighted by atomic mass is 9.97. The largest absolute Gasteiger partial charge is 0.497 e. The standard InChI is InChI=1S/C49H47N9O15S/c1-70-37-16-8-32(9-17-37)28-74-38-22-41(55(24-38)49(63)73-27-31-6-14-36(15-7-31)58(68)69)45(60)54-21-20-33(23-54)52-44(59)39-18-19-40(53-48(50)51)43(47(62)72-26-30-4-12-35(13-5-30)57(66)67)42(39)46(61)71-25-29-2-10-34(11-3-29)56(64)65/h2-19,33,38,41H,20-28H2,1H3,(H,52,59)(H4,50,51,53). The molecule has 2 aliphatic rings. The van der Waals surface area contributed by atoms with Crippen molar-refractivity contribution in [2.75, 3.05) is 26.7 Å². The Kier molecular flexibility index (Phi) is 17.0. The summed E-state index contributed by atoms with van der Waals surface area (Å²) in [5.41, 5.74) is 11.1. The molecule has 3 amide bonds. The van der Waals surface area contributed by atoms with Gasteiger partial charge in [0.1, 0.15) is 37.2 Å². The molecule has 0 aliphatic carbocycles. The zero-order valence-corrected chi connectivity index (χ0v) is 40.2. The molecular weight excluding hydrogens is 987 g/mol. The number of non-ortho nitro benzene ring substituents is 3.